The van der Waals surface area contributed by atoms with Crippen molar-refractivity contribution in [2.45, 2.75) is 11.3 Å². The summed E-state index contributed by atoms with van der Waals surface area (Å²) in [5, 5.41) is 8.11. The van der Waals surface area contributed by atoms with Gasteiger partial charge >= 0.3 is 0 Å². The highest BCUT2D eigenvalue weighted by molar-refractivity contribution is 7.89. The van der Waals surface area contributed by atoms with E-state index in [0.717, 1.165) is 0 Å². The molecule has 2 rings (SSSR count). The summed E-state index contributed by atoms with van der Waals surface area (Å²) in [5.74, 6) is -0.269. The topological polar surface area (TPSA) is 72.2 Å². The smallest absolute Gasteiger partial charge is 0.240 e. The Morgan fingerprint density at radius 1 is 1.05 bits per heavy atom. The average Bonchev–Trinajstić information content (AvgIpc) is 2.40. The number of nitrogens with two attached hydrogens (primary N) is 1. The molecule has 0 fully saturated rings. The van der Waals surface area contributed by atoms with E-state index in [2.05, 4.69) is 5.32 Å². The Hall–Kier alpha value is -1.92. The zero-order valence-electron chi connectivity index (χ0n) is 10.7. The molecule has 0 aromatic heterocycles. The Bertz CT molecular complexity index is 702. The Labute approximate surface area is 117 Å². The van der Waals surface area contributed by atoms with Gasteiger partial charge < -0.3 is 5.32 Å². The number of benzene rings is 2. The van der Waals surface area contributed by atoms with Gasteiger partial charge in [-0.2, -0.15) is 0 Å². The molecule has 0 radical (unpaired) electrons. The maximum absolute atomic E-state index is 13.4. The van der Waals surface area contributed by atoms with Gasteiger partial charge in [-0.3, -0.25) is 0 Å². The van der Waals surface area contributed by atoms with Gasteiger partial charge in [-0.15, -0.1) is 0 Å². The number of hydrogen-bond acceptors (Lipinski definition) is 3. The van der Waals surface area contributed by atoms with Crippen molar-refractivity contribution in [2.75, 3.05) is 11.9 Å². The molecule has 20 heavy (non-hydrogen) atoms. The number of rotatable bonds is 5. The standard InChI is InChI=1S/C14H15FN2O2S/c15-12-6-2-1-5-11(12)9-10-17-13-7-3-4-8-14(13)20(16,18)19/h1-8,17H,9-10H2,(H2,16,18,19). The van der Waals surface area contributed by atoms with E-state index in [0.29, 0.717) is 24.2 Å². The van der Waals surface area contributed by atoms with Crippen LogP contribution in [-0.4, -0.2) is 15.0 Å². The minimum Gasteiger partial charge on any atom is -0.384 e. The second-order valence-corrected chi connectivity index (χ2v) is 5.84. The van der Waals surface area contributed by atoms with E-state index in [4.69, 9.17) is 5.14 Å². The first-order valence-corrected chi connectivity index (χ1v) is 7.62. The van der Waals surface area contributed by atoms with Crippen molar-refractivity contribution in [1.82, 2.24) is 0 Å². The highest BCUT2D eigenvalue weighted by atomic mass is 32.2. The van der Waals surface area contributed by atoms with E-state index in [-0.39, 0.29) is 10.7 Å². The van der Waals surface area contributed by atoms with Crippen molar-refractivity contribution in [3.05, 3.63) is 59.9 Å². The number of hydrogen-bond donors (Lipinski definition) is 2. The fraction of sp³-hybridized carbons (Fsp3) is 0.143. The van der Waals surface area contributed by atoms with Gasteiger partial charge in [-0.05, 0) is 30.2 Å². The maximum atomic E-state index is 13.4. The summed E-state index contributed by atoms with van der Waals surface area (Å²) in [6.45, 7) is 0.410. The molecule has 0 atom stereocenters. The summed E-state index contributed by atoms with van der Waals surface area (Å²) >= 11 is 0. The molecule has 0 saturated heterocycles. The van der Waals surface area contributed by atoms with E-state index in [1.54, 1.807) is 36.4 Å². The molecule has 0 unspecified atom stereocenters. The number of sulfonamides is 1. The van der Waals surface area contributed by atoms with Gasteiger partial charge in [0.1, 0.15) is 10.7 Å². The van der Waals surface area contributed by atoms with E-state index < -0.39 is 10.0 Å². The highest BCUT2D eigenvalue weighted by Gasteiger charge is 2.12. The van der Waals surface area contributed by atoms with Gasteiger partial charge in [0.25, 0.3) is 0 Å². The summed E-state index contributed by atoms with van der Waals surface area (Å²) in [5.41, 5.74) is 0.999. The fourth-order valence-electron chi connectivity index (χ4n) is 1.89. The second-order valence-electron chi connectivity index (χ2n) is 4.31. The second kappa shape index (κ2) is 6.02. The Morgan fingerprint density at radius 3 is 2.40 bits per heavy atom. The third-order valence-electron chi connectivity index (χ3n) is 2.86. The summed E-state index contributed by atoms with van der Waals surface area (Å²) in [4.78, 5) is 0.0357. The molecular formula is C14H15FN2O2S. The molecule has 2 aromatic carbocycles. The largest absolute Gasteiger partial charge is 0.384 e. The average molecular weight is 294 g/mol. The molecule has 0 spiro atoms. The van der Waals surface area contributed by atoms with Crippen LogP contribution < -0.4 is 10.5 Å². The lowest BCUT2D eigenvalue weighted by atomic mass is 10.1. The predicted octanol–water partition coefficient (Wildman–Crippen LogP) is 2.13. The monoisotopic (exact) mass is 294 g/mol. The summed E-state index contributed by atoms with van der Waals surface area (Å²) in [6.07, 6.45) is 0.450. The van der Waals surface area contributed by atoms with E-state index >= 15 is 0 Å². The van der Waals surface area contributed by atoms with Crippen molar-refractivity contribution in [1.29, 1.82) is 0 Å². The van der Waals surface area contributed by atoms with Crippen LogP contribution in [-0.2, 0) is 16.4 Å². The van der Waals surface area contributed by atoms with Crippen LogP contribution in [0.3, 0.4) is 0 Å². The lowest BCUT2D eigenvalue weighted by Crippen LogP contribution is -2.16. The van der Waals surface area contributed by atoms with Crippen molar-refractivity contribution >= 4 is 15.7 Å². The van der Waals surface area contributed by atoms with E-state index in [1.807, 2.05) is 0 Å². The predicted molar refractivity (Wildman–Crippen MR) is 76.4 cm³/mol. The van der Waals surface area contributed by atoms with Gasteiger partial charge in [-0.1, -0.05) is 30.3 Å². The molecule has 2 aromatic rings. The molecule has 3 N–H and O–H groups in total. The molecule has 0 aliphatic rings. The highest BCUT2D eigenvalue weighted by Crippen LogP contribution is 2.19. The molecular weight excluding hydrogens is 279 g/mol. The Balaban J connectivity index is 2.07. The molecule has 0 bridgehead atoms. The van der Waals surface area contributed by atoms with Crippen LogP contribution in [0.4, 0.5) is 10.1 Å². The number of halogens is 1. The fourth-order valence-corrected chi connectivity index (χ4v) is 2.61. The SMILES string of the molecule is NS(=O)(=O)c1ccccc1NCCc1ccccc1F. The first-order chi connectivity index (χ1) is 9.48. The van der Waals surface area contributed by atoms with Gasteiger partial charge in [0, 0.05) is 6.54 Å². The van der Waals surface area contributed by atoms with Crippen LogP contribution in [0.25, 0.3) is 0 Å². The van der Waals surface area contributed by atoms with Crippen molar-refractivity contribution < 1.29 is 12.8 Å². The molecule has 106 valence electrons. The minimum absolute atomic E-state index is 0.0357. The first-order valence-electron chi connectivity index (χ1n) is 6.07. The first kappa shape index (κ1) is 14.5. The zero-order valence-corrected chi connectivity index (χ0v) is 11.5. The summed E-state index contributed by atoms with van der Waals surface area (Å²) < 4.78 is 36.3. The Kier molecular flexibility index (Phi) is 4.36. The molecule has 0 amide bonds. The number of anilines is 1. The summed E-state index contributed by atoms with van der Waals surface area (Å²) in [7, 11) is -3.77. The van der Waals surface area contributed by atoms with Crippen LogP contribution in [0.2, 0.25) is 0 Å². The van der Waals surface area contributed by atoms with Crippen LogP contribution >= 0.6 is 0 Å². The molecule has 0 aliphatic carbocycles. The van der Waals surface area contributed by atoms with Gasteiger partial charge in [0.05, 0.1) is 5.69 Å². The molecule has 4 nitrogen and oxygen atoms in total. The van der Waals surface area contributed by atoms with E-state index in [9.17, 15) is 12.8 Å². The number of para-hydroxylation sites is 1. The van der Waals surface area contributed by atoms with Crippen LogP contribution in [0, 0.1) is 5.82 Å². The van der Waals surface area contributed by atoms with Crippen molar-refractivity contribution in [3.8, 4) is 0 Å². The quantitative estimate of drug-likeness (QED) is 0.887. The van der Waals surface area contributed by atoms with E-state index in [1.165, 1.54) is 12.1 Å². The van der Waals surface area contributed by atoms with Gasteiger partial charge in [0.15, 0.2) is 0 Å². The van der Waals surface area contributed by atoms with Crippen molar-refractivity contribution in [2.24, 2.45) is 5.14 Å². The normalized spacial score (nSPS) is 11.3. The molecule has 0 saturated carbocycles. The van der Waals surface area contributed by atoms with Crippen LogP contribution in [0.1, 0.15) is 5.56 Å². The van der Waals surface area contributed by atoms with Gasteiger partial charge in [-0.25, -0.2) is 17.9 Å². The molecule has 0 aliphatic heterocycles. The van der Waals surface area contributed by atoms with Crippen molar-refractivity contribution in [3.63, 3.8) is 0 Å². The lowest BCUT2D eigenvalue weighted by molar-refractivity contribution is 0.597. The lowest BCUT2D eigenvalue weighted by Gasteiger charge is -2.10. The van der Waals surface area contributed by atoms with Gasteiger partial charge in [0.2, 0.25) is 10.0 Å². The third-order valence-corrected chi connectivity index (χ3v) is 3.83. The number of nitrogens with one attached hydrogen (secondary N) is 1. The number of primary sulfonamides is 1. The third kappa shape index (κ3) is 3.55. The summed E-state index contributed by atoms with van der Waals surface area (Å²) in [6, 6.07) is 12.8. The zero-order chi connectivity index (χ0) is 14.6. The maximum Gasteiger partial charge on any atom is 0.240 e. The van der Waals surface area contributed by atoms with Crippen LogP contribution in [0.5, 0.6) is 0 Å². The Morgan fingerprint density at radius 2 is 1.70 bits per heavy atom. The molecule has 6 heteroatoms. The molecule has 0 heterocycles. The minimum atomic E-state index is -3.77. The van der Waals surface area contributed by atoms with Crippen LogP contribution in [0.15, 0.2) is 53.4 Å².